The fourth-order valence-electron chi connectivity index (χ4n) is 2.21. The van der Waals surface area contributed by atoms with Crippen molar-refractivity contribution in [2.75, 3.05) is 11.9 Å². The molecule has 2 aromatic rings. The summed E-state index contributed by atoms with van der Waals surface area (Å²) < 4.78 is 30.5. The van der Waals surface area contributed by atoms with Crippen molar-refractivity contribution in [3.8, 4) is 0 Å². The van der Waals surface area contributed by atoms with Crippen LogP contribution in [-0.4, -0.2) is 34.0 Å². The van der Waals surface area contributed by atoms with Crippen LogP contribution in [0.2, 0.25) is 0 Å². The number of aryl methyl sites for hydroxylation is 2. The van der Waals surface area contributed by atoms with Crippen molar-refractivity contribution in [3.63, 3.8) is 0 Å². The zero-order valence-electron chi connectivity index (χ0n) is 14.8. The van der Waals surface area contributed by atoms with E-state index in [1.54, 1.807) is 13.8 Å². The van der Waals surface area contributed by atoms with Crippen molar-refractivity contribution in [3.05, 3.63) is 51.4 Å². The van der Waals surface area contributed by atoms with Crippen molar-refractivity contribution in [2.24, 2.45) is 7.05 Å². The van der Waals surface area contributed by atoms with Gasteiger partial charge in [-0.15, -0.1) is 0 Å². The third kappa shape index (κ3) is 5.36. The number of rotatable bonds is 6. The van der Waals surface area contributed by atoms with E-state index in [1.165, 1.54) is 31.3 Å². The molecule has 1 aromatic carbocycles. The van der Waals surface area contributed by atoms with Gasteiger partial charge in [-0.1, -0.05) is 11.8 Å². The number of nitrogens with zero attached hydrogens (tertiary/aromatic N) is 2. The number of hydrogen-bond donors (Lipinski definition) is 1. The molecule has 0 bridgehead atoms. The Bertz CT molecular complexity index is 914. The van der Waals surface area contributed by atoms with Gasteiger partial charge in [0.25, 0.3) is 17.2 Å². The third-order valence-electron chi connectivity index (χ3n) is 3.63. The zero-order chi connectivity index (χ0) is 20.1. The lowest BCUT2D eigenvalue weighted by Gasteiger charge is -2.10. The van der Waals surface area contributed by atoms with Crippen molar-refractivity contribution >= 4 is 29.3 Å². The summed E-state index contributed by atoms with van der Waals surface area (Å²) in [4.78, 5) is 36.5. The number of nitrogens with one attached hydrogen (secondary N) is 1. The SMILES string of the molecule is Cc1nn(C)c(=O)c(C(=O)OCC(=O)Nc2ccc(SC(F)F)cc2)c1C. The molecule has 144 valence electrons. The number of esters is 1. The van der Waals surface area contributed by atoms with E-state index in [-0.39, 0.29) is 5.56 Å². The number of alkyl halides is 2. The standard InChI is InChI=1S/C17H17F2N3O4S/c1-9-10(2)21-22(3)15(24)14(9)16(25)26-8-13(23)20-11-4-6-12(7-5-11)27-17(18)19/h4-7,17H,8H2,1-3H3,(H,20,23). The number of aromatic nitrogens is 2. The highest BCUT2D eigenvalue weighted by molar-refractivity contribution is 7.99. The van der Waals surface area contributed by atoms with Gasteiger partial charge < -0.3 is 10.1 Å². The van der Waals surface area contributed by atoms with Crippen LogP contribution in [0.1, 0.15) is 21.6 Å². The molecule has 2 rings (SSSR count). The van der Waals surface area contributed by atoms with Crippen LogP contribution in [0.5, 0.6) is 0 Å². The van der Waals surface area contributed by atoms with Gasteiger partial charge in [0.15, 0.2) is 6.61 Å². The quantitative estimate of drug-likeness (QED) is 0.595. The molecule has 0 aliphatic rings. The third-order valence-corrected chi connectivity index (χ3v) is 4.35. The summed E-state index contributed by atoms with van der Waals surface area (Å²) in [5, 5.41) is 6.43. The molecule has 27 heavy (non-hydrogen) atoms. The highest BCUT2D eigenvalue weighted by Crippen LogP contribution is 2.26. The Morgan fingerprint density at radius 2 is 1.89 bits per heavy atom. The second-order valence-electron chi connectivity index (χ2n) is 5.54. The Morgan fingerprint density at radius 1 is 1.26 bits per heavy atom. The summed E-state index contributed by atoms with van der Waals surface area (Å²) in [7, 11) is 1.41. The van der Waals surface area contributed by atoms with Crippen LogP contribution < -0.4 is 10.9 Å². The summed E-state index contributed by atoms with van der Waals surface area (Å²) in [6, 6.07) is 5.78. The molecule has 1 aromatic heterocycles. The van der Waals surface area contributed by atoms with E-state index in [0.29, 0.717) is 33.6 Å². The molecule has 0 aliphatic heterocycles. The Morgan fingerprint density at radius 3 is 2.48 bits per heavy atom. The minimum atomic E-state index is -2.53. The first-order valence-electron chi connectivity index (χ1n) is 7.75. The number of amides is 1. The molecule has 0 radical (unpaired) electrons. The molecule has 0 unspecified atom stereocenters. The molecule has 0 spiro atoms. The van der Waals surface area contributed by atoms with Crippen molar-refractivity contribution < 1.29 is 23.1 Å². The van der Waals surface area contributed by atoms with Crippen LogP contribution in [0.25, 0.3) is 0 Å². The maximum absolute atomic E-state index is 12.3. The smallest absolute Gasteiger partial charge is 0.344 e. The average molecular weight is 397 g/mol. The maximum atomic E-state index is 12.3. The van der Waals surface area contributed by atoms with Crippen molar-refractivity contribution in [2.45, 2.75) is 24.5 Å². The van der Waals surface area contributed by atoms with Crippen LogP contribution in [-0.2, 0) is 16.6 Å². The number of carbonyl (C=O) groups excluding carboxylic acids is 2. The van der Waals surface area contributed by atoms with E-state index >= 15 is 0 Å². The van der Waals surface area contributed by atoms with E-state index in [9.17, 15) is 23.2 Å². The number of anilines is 1. The summed E-state index contributed by atoms with van der Waals surface area (Å²) in [6.07, 6.45) is 0. The fraction of sp³-hybridized carbons (Fsp3) is 0.294. The number of benzene rings is 1. The van der Waals surface area contributed by atoms with Crippen molar-refractivity contribution in [1.29, 1.82) is 0 Å². The van der Waals surface area contributed by atoms with Gasteiger partial charge in [-0.25, -0.2) is 9.48 Å². The second-order valence-corrected chi connectivity index (χ2v) is 6.60. The topological polar surface area (TPSA) is 90.3 Å². The molecule has 10 heteroatoms. The van der Waals surface area contributed by atoms with Gasteiger partial charge in [0.1, 0.15) is 5.56 Å². The molecule has 1 heterocycles. The molecular weight excluding hydrogens is 380 g/mol. The molecule has 0 aliphatic carbocycles. The highest BCUT2D eigenvalue weighted by atomic mass is 32.2. The van der Waals surface area contributed by atoms with E-state index < -0.39 is 29.8 Å². The lowest BCUT2D eigenvalue weighted by molar-refractivity contribution is -0.119. The van der Waals surface area contributed by atoms with Crippen LogP contribution in [0.15, 0.2) is 34.0 Å². The number of thioether (sulfide) groups is 1. The number of ether oxygens (including phenoxy) is 1. The summed E-state index contributed by atoms with van der Waals surface area (Å²) >= 11 is 0.391. The van der Waals surface area contributed by atoms with Gasteiger partial charge >= 0.3 is 5.97 Å². The van der Waals surface area contributed by atoms with Gasteiger partial charge in [0, 0.05) is 17.6 Å². The van der Waals surface area contributed by atoms with Crippen LogP contribution in [0.3, 0.4) is 0 Å². The molecule has 7 nitrogen and oxygen atoms in total. The molecular formula is C17H17F2N3O4S. The zero-order valence-corrected chi connectivity index (χ0v) is 15.6. The first-order valence-corrected chi connectivity index (χ1v) is 8.63. The lowest BCUT2D eigenvalue weighted by Crippen LogP contribution is -2.31. The Balaban J connectivity index is 1.98. The highest BCUT2D eigenvalue weighted by Gasteiger charge is 2.20. The molecule has 1 N–H and O–H groups in total. The fourth-order valence-corrected chi connectivity index (χ4v) is 2.71. The summed E-state index contributed by atoms with van der Waals surface area (Å²) in [5.74, 6) is -4.08. The van der Waals surface area contributed by atoms with Gasteiger partial charge in [-0.3, -0.25) is 9.59 Å². The Kier molecular flexibility index (Phi) is 6.67. The predicted octanol–water partition coefficient (Wildman–Crippen LogP) is 2.51. The number of carbonyl (C=O) groups is 2. The van der Waals surface area contributed by atoms with Gasteiger partial charge in [-0.2, -0.15) is 13.9 Å². The minimum absolute atomic E-state index is 0.175. The van der Waals surface area contributed by atoms with Gasteiger partial charge in [0.05, 0.1) is 5.69 Å². The van der Waals surface area contributed by atoms with Crippen LogP contribution >= 0.6 is 11.8 Å². The first-order chi connectivity index (χ1) is 12.7. The van der Waals surface area contributed by atoms with Gasteiger partial charge in [0.2, 0.25) is 0 Å². The number of halogens is 2. The van der Waals surface area contributed by atoms with E-state index in [4.69, 9.17) is 4.74 Å². The van der Waals surface area contributed by atoms with E-state index in [0.717, 1.165) is 4.68 Å². The van der Waals surface area contributed by atoms with Crippen LogP contribution in [0, 0.1) is 13.8 Å². The number of hydrogen-bond acceptors (Lipinski definition) is 6. The van der Waals surface area contributed by atoms with E-state index in [2.05, 4.69) is 10.4 Å². The molecule has 1 amide bonds. The summed E-state index contributed by atoms with van der Waals surface area (Å²) in [6.45, 7) is 2.62. The monoisotopic (exact) mass is 397 g/mol. The van der Waals surface area contributed by atoms with Crippen LogP contribution in [0.4, 0.5) is 14.5 Å². The predicted molar refractivity (Wildman–Crippen MR) is 96.2 cm³/mol. The van der Waals surface area contributed by atoms with E-state index in [1.807, 2.05) is 0 Å². The Hall–Kier alpha value is -2.75. The minimum Gasteiger partial charge on any atom is -0.452 e. The summed E-state index contributed by atoms with van der Waals surface area (Å²) in [5.41, 5.74) is 0.453. The normalized spacial score (nSPS) is 10.7. The second kappa shape index (κ2) is 8.76. The first kappa shape index (κ1) is 20.6. The molecule has 0 fully saturated rings. The largest absolute Gasteiger partial charge is 0.452 e. The molecule has 0 atom stereocenters. The maximum Gasteiger partial charge on any atom is 0.344 e. The molecule has 0 saturated heterocycles. The van der Waals surface area contributed by atoms with Gasteiger partial charge in [-0.05, 0) is 43.7 Å². The Labute approximate surface area is 157 Å². The van der Waals surface area contributed by atoms with Crippen molar-refractivity contribution in [1.82, 2.24) is 9.78 Å². The lowest BCUT2D eigenvalue weighted by atomic mass is 10.1. The average Bonchev–Trinajstić information content (AvgIpc) is 2.60. The molecule has 0 saturated carbocycles.